The van der Waals surface area contributed by atoms with Gasteiger partial charge in [-0.1, -0.05) is 37.5 Å². The minimum absolute atomic E-state index is 0.120. The number of alkyl halides is 2. The number of nitrogens with zero attached hydrogens (tertiary/aromatic N) is 4. The van der Waals surface area contributed by atoms with E-state index in [1.165, 1.54) is 23.1 Å². The second-order valence-electron chi connectivity index (χ2n) is 16.5. The third-order valence-electron chi connectivity index (χ3n) is 12.5. The van der Waals surface area contributed by atoms with Crippen LogP contribution in [0.4, 0.5) is 19.0 Å². The molecular weight excluding hydrogens is 790 g/mol. The number of piperidine rings is 2. The molecule has 2 atom stereocenters. The topological polar surface area (TPSA) is 146 Å². The second kappa shape index (κ2) is 18.8. The van der Waals surface area contributed by atoms with Gasteiger partial charge in [-0.3, -0.25) is 19.7 Å². The van der Waals surface area contributed by atoms with Crippen LogP contribution in [0.15, 0.2) is 42.5 Å². The first-order valence-corrected chi connectivity index (χ1v) is 21.3. The van der Waals surface area contributed by atoms with Crippen LogP contribution in [-0.2, 0) is 28.5 Å². The quantitative estimate of drug-likeness (QED) is 0.0723. The molecule has 3 aromatic carbocycles. The van der Waals surface area contributed by atoms with E-state index in [0.29, 0.717) is 40.7 Å². The number of benzene rings is 3. The Morgan fingerprint density at radius 1 is 0.984 bits per heavy atom. The first kappa shape index (κ1) is 43.8. The van der Waals surface area contributed by atoms with Gasteiger partial charge in [0.25, 0.3) is 11.8 Å². The fraction of sp³-hybridized carbons (Fsp3) is 0.500. The number of hydrogen-bond donors (Lipinski definition) is 3. The number of methoxy groups -OCH3 is 2. The van der Waals surface area contributed by atoms with E-state index in [4.69, 9.17) is 19.4 Å². The number of rotatable bonds is 17. The number of aromatic nitrogens is 2. The summed E-state index contributed by atoms with van der Waals surface area (Å²) in [7, 11) is 3.20. The Morgan fingerprint density at radius 3 is 2.46 bits per heavy atom. The van der Waals surface area contributed by atoms with E-state index >= 15 is 0 Å². The number of carbonyl (C=O) groups excluding carboxylic acids is 3. The molecule has 1 aromatic heterocycles. The molecule has 61 heavy (non-hydrogen) atoms. The molecule has 7 rings (SSSR count). The van der Waals surface area contributed by atoms with E-state index in [9.17, 15) is 32.7 Å². The molecule has 2 saturated heterocycles. The number of nitrogens with one attached hydrogen (secondary N) is 2. The molecule has 2 fully saturated rings. The van der Waals surface area contributed by atoms with E-state index in [1.807, 2.05) is 19.9 Å². The number of aryl methyl sites for hydroxylation is 2. The monoisotopic (exact) mass is 844 g/mol. The summed E-state index contributed by atoms with van der Waals surface area (Å²) in [6, 6.07) is 9.57. The van der Waals surface area contributed by atoms with Gasteiger partial charge in [0.2, 0.25) is 11.8 Å². The van der Waals surface area contributed by atoms with Gasteiger partial charge in [-0.05, 0) is 119 Å². The fourth-order valence-corrected chi connectivity index (χ4v) is 9.19. The molecule has 4 aromatic rings. The van der Waals surface area contributed by atoms with Gasteiger partial charge in [-0.25, -0.2) is 14.4 Å². The number of unbranched alkanes of at least 4 members (excludes halogenated alkanes) is 4. The van der Waals surface area contributed by atoms with Crippen LogP contribution in [0.1, 0.15) is 121 Å². The summed E-state index contributed by atoms with van der Waals surface area (Å²) >= 11 is 0. The number of ether oxygens (including phenoxy) is 2. The number of likely N-dealkylation sites (tertiary alicyclic amines) is 1. The lowest BCUT2D eigenvalue weighted by Crippen LogP contribution is -2.52. The first-order chi connectivity index (χ1) is 29.3. The number of halogens is 3. The molecule has 3 N–H and O–H groups in total. The largest absolute Gasteiger partial charge is 0.493 e. The van der Waals surface area contributed by atoms with Crippen molar-refractivity contribution in [2.45, 2.75) is 109 Å². The van der Waals surface area contributed by atoms with Crippen molar-refractivity contribution in [1.29, 1.82) is 0 Å². The predicted octanol–water partition coefficient (Wildman–Crippen LogP) is 7.49. The van der Waals surface area contributed by atoms with Gasteiger partial charge < -0.3 is 29.7 Å². The first-order valence-electron chi connectivity index (χ1n) is 21.3. The molecule has 0 spiro atoms. The maximum atomic E-state index is 14.9. The molecule has 4 heterocycles. The van der Waals surface area contributed by atoms with E-state index in [0.717, 1.165) is 92.2 Å². The minimum atomic E-state index is -3.35. The number of anilines is 1. The fourth-order valence-electron chi connectivity index (χ4n) is 9.19. The molecule has 12 nitrogen and oxygen atoms in total. The molecule has 326 valence electrons. The summed E-state index contributed by atoms with van der Waals surface area (Å²) in [4.78, 5) is 51.1. The average Bonchev–Trinajstić information content (AvgIpc) is 3.57. The molecule has 1 unspecified atom stereocenters. The smallest absolute Gasteiger partial charge is 0.295 e. The van der Waals surface area contributed by atoms with E-state index in [1.54, 1.807) is 32.4 Å². The number of imide groups is 1. The van der Waals surface area contributed by atoms with Gasteiger partial charge in [-0.2, -0.15) is 8.78 Å². The Kier molecular flexibility index (Phi) is 13.5. The average molecular weight is 845 g/mol. The van der Waals surface area contributed by atoms with Crippen molar-refractivity contribution < 1.29 is 42.1 Å². The molecule has 0 aliphatic carbocycles. The lowest BCUT2D eigenvalue weighted by atomic mass is 9.85. The van der Waals surface area contributed by atoms with Gasteiger partial charge >= 0.3 is 0 Å². The van der Waals surface area contributed by atoms with Gasteiger partial charge in [0.05, 0.1) is 19.7 Å². The zero-order valence-corrected chi connectivity index (χ0v) is 35.3. The molecule has 0 bridgehead atoms. The summed E-state index contributed by atoms with van der Waals surface area (Å²) in [5.41, 5.74) is 4.01. The van der Waals surface area contributed by atoms with Crippen LogP contribution in [0.25, 0.3) is 10.9 Å². The maximum Gasteiger partial charge on any atom is 0.295 e. The Hall–Kier alpha value is -5.28. The standard InChI is InChI=1S/C46H55F3N6O6/c1-27(30-11-10-12-31(21-30)46(48,49)26-56)50-43-36-24-39(60-3)42(61-4)33(41(36)51-28(2)52-43)13-8-6-5-7-9-18-54-19-16-29(17-20-54)34-22-32(47)23-35-37(34)25-55(45(35)59)38-14-15-40(57)53-44(38)58/h10-12,21-24,27,29,38,56H,5-9,13-20,25-26H2,1-4H3,(H,50,51,52)(H,53,57,58)/t27-,38?/m1/s1. The Morgan fingerprint density at radius 2 is 1.74 bits per heavy atom. The zero-order valence-electron chi connectivity index (χ0n) is 35.3. The van der Waals surface area contributed by atoms with Crippen molar-refractivity contribution in [3.8, 4) is 11.5 Å². The van der Waals surface area contributed by atoms with Gasteiger partial charge in [-0.15, -0.1) is 0 Å². The van der Waals surface area contributed by atoms with Crippen LogP contribution in [0.2, 0.25) is 0 Å². The number of amides is 3. The van der Waals surface area contributed by atoms with Crippen LogP contribution < -0.4 is 20.1 Å². The highest BCUT2D eigenvalue weighted by Gasteiger charge is 2.41. The zero-order chi connectivity index (χ0) is 43.4. The van der Waals surface area contributed by atoms with E-state index < -0.39 is 36.3 Å². The highest BCUT2D eigenvalue weighted by Crippen LogP contribution is 2.41. The van der Waals surface area contributed by atoms with Crippen LogP contribution in [0.5, 0.6) is 11.5 Å². The lowest BCUT2D eigenvalue weighted by Gasteiger charge is -2.33. The van der Waals surface area contributed by atoms with Crippen molar-refractivity contribution in [1.82, 2.24) is 25.1 Å². The number of aliphatic hydroxyl groups is 1. The molecule has 15 heteroatoms. The molecule has 0 saturated carbocycles. The molecule has 0 radical (unpaired) electrons. The SMILES string of the molecule is COc1cc2c(N[C@H](C)c3cccc(C(F)(F)CO)c3)nc(C)nc2c(CCCCCCCN2CCC(c3cc(F)cc4c3CN(C3CCC(=O)NC3=O)C4=O)CC2)c1OC. The highest BCUT2D eigenvalue weighted by atomic mass is 19.3. The third kappa shape index (κ3) is 9.47. The Labute approximate surface area is 354 Å². The summed E-state index contributed by atoms with van der Waals surface area (Å²) in [5.74, 6) is -2.58. The van der Waals surface area contributed by atoms with Crippen molar-refractivity contribution >= 4 is 34.4 Å². The minimum Gasteiger partial charge on any atom is -0.493 e. The maximum absolute atomic E-state index is 14.9. The Balaban J connectivity index is 0.918. The van der Waals surface area contributed by atoms with Crippen LogP contribution >= 0.6 is 0 Å². The number of hydrogen-bond acceptors (Lipinski definition) is 10. The van der Waals surface area contributed by atoms with E-state index in [2.05, 4.69) is 15.5 Å². The lowest BCUT2D eigenvalue weighted by molar-refractivity contribution is -0.136. The predicted molar refractivity (Wildman–Crippen MR) is 224 cm³/mol. The van der Waals surface area contributed by atoms with E-state index in [-0.39, 0.29) is 42.7 Å². The normalized spacial score (nSPS) is 18.1. The molecular formula is C46H55F3N6O6. The summed E-state index contributed by atoms with van der Waals surface area (Å²) < 4.78 is 55.1. The summed E-state index contributed by atoms with van der Waals surface area (Å²) in [6.07, 6.45) is 7.95. The van der Waals surface area contributed by atoms with Crippen LogP contribution in [0, 0.1) is 12.7 Å². The second-order valence-corrected chi connectivity index (χ2v) is 16.5. The van der Waals surface area contributed by atoms with Crippen LogP contribution in [-0.4, -0.2) is 89.1 Å². The van der Waals surface area contributed by atoms with Gasteiger partial charge in [0.15, 0.2) is 11.5 Å². The molecule has 3 aliphatic rings. The van der Waals surface area contributed by atoms with Gasteiger partial charge in [0.1, 0.15) is 30.1 Å². The third-order valence-corrected chi connectivity index (χ3v) is 12.5. The highest BCUT2D eigenvalue weighted by molar-refractivity contribution is 6.05. The number of aliphatic hydroxyl groups excluding tert-OH is 1. The Bertz CT molecular complexity index is 2280. The van der Waals surface area contributed by atoms with Crippen LogP contribution in [0.3, 0.4) is 0 Å². The van der Waals surface area contributed by atoms with Crippen molar-refractivity contribution in [2.24, 2.45) is 0 Å². The van der Waals surface area contributed by atoms with Crippen molar-refractivity contribution in [2.75, 3.05) is 45.8 Å². The van der Waals surface area contributed by atoms with Gasteiger partial charge in [0, 0.05) is 41.1 Å². The van der Waals surface area contributed by atoms with Crippen molar-refractivity contribution in [3.63, 3.8) is 0 Å². The molecule has 3 amide bonds. The molecule has 3 aliphatic heterocycles. The summed E-state index contributed by atoms with van der Waals surface area (Å²) in [5, 5.41) is 15.7. The summed E-state index contributed by atoms with van der Waals surface area (Å²) in [6.45, 7) is 5.39. The van der Waals surface area contributed by atoms with Crippen molar-refractivity contribution in [3.05, 3.63) is 87.5 Å². The number of fused-ring (bicyclic) bond motifs is 2. The number of carbonyl (C=O) groups is 3.